The van der Waals surface area contributed by atoms with Crippen molar-refractivity contribution in [3.05, 3.63) is 145 Å². The van der Waals surface area contributed by atoms with E-state index in [4.69, 9.17) is 0 Å². The normalized spacial score (nSPS) is 12.2. The molecule has 0 unspecified atom stereocenters. The van der Waals surface area contributed by atoms with Gasteiger partial charge in [0.2, 0.25) is 0 Å². The highest BCUT2D eigenvalue weighted by molar-refractivity contribution is 6.24. The minimum absolute atomic E-state index is 0.0417. The first kappa shape index (κ1) is 24.8. The molecule has 0 saturated heterocycles. The van der Waals surface area contributed by atoms with Crippen LogP contribution in [-0.2, 0) is 5.41 Å². The second-order valence-electron chi connectivity index (χ2n) is 12.6. The van der Waals surface area contributed by atoms with Crippen molar-refractivity contribution in [3.8, 4) is 22.3 Å². The minimum Gasteiger partial charge on any atom is -0.0616 e. The molecular weight excluding hydrogens is 504 g/mol. The van der Waals surface area contributed by atoms with E-state index in [0.29, 0.717) is 0 Å². The summed E-state index contributed by atoms with van der Waals surface area (Å²) in [6.45, 7) is 6.92. The molecule has 0 saturated carbocycles. The van der Waals surface area contributed by atoms with Crippen LogP contribution in [0.25, 0.3) is 76.1 Å². The van der Waals surface area contributed by atoms with Crippen LogP contribution in [0.4, 0.5) is 0 Å². The zero-order valence-corrected chi connectivity index (χ0v) is 24.3. The highest BCUT2D eigenvalue weighted by atomic mass is 14.2. The van der Waals surface area contributed by atoms with Gasteiger partial charge in [-0.15, -0.1) is 0 Å². The number of fused-ring (bicyclic) bond motifs is 6. The predicted molar refractivity (Wildman–Crippen MR) is 184 cm³/mol. The summed E-state index contributed by atoms with van der Waals surface area (Å²) in [5.74, 6) is 0. The van der Waals surface area contributed by atoms with Crippen LogP contribution in [0.3, 0.4) is 0 Å². The van der Waals surface area contributed by atoms with Crippen LogP contribution in [0.2, 0.25) is 0 Å². The van der Waals surface area contributed by atoms with E-state index in [1.54, 1.807) is 0 Å². The summed E-state index contributed by atoms with van der Waals surface area (Å²) < 4.78 is 0. The van der Waals surface area contributed by atoms with E-state index in [9.17, 15) is 0 Å². The Bertz CT molecular complexity index is 2320. The van der Waals surface area contributed by atoms with Crippen molar-refractivity contribution < 1.29 is 0 Å². The highest BCUT2D eigenvalue weighted by Crippen LogP contribution is 2.46. The predicted octanol–water partition coefficient (Wildman–Crippen LogP) is 12.1. The molecule has 0 fully saturated rings. The Balaban J connectivity index is 1.52. The Labute approximate surface area is 246 Å². The Morgan fingerprint density at radius 2 is 0.905 bits per heavy atom. The summed E-state index contributed by atoms with van der Waals surface area (Å²) in [4.78, 5) is 0. The van der Waals surface area contributed by atoms with Gasteiger partial charge in [-0.1, -0.05) is 148 Å². The Morgan fingerprint density at radius 1 is 0.357 bits per heavy atom. The zero-order valence-electron chi connectivity index (χ0n) is 24.3. The summed E-state index contributed by atoms with van der Waals surface area (Å²) in [5.41, 5.74) is 6.56. The van der Waals surface area contributed by atoms with Crippen LogP contribution in [0, 0.1) is 0 Å². The van der Waals surface area contributed by atoms with Crippen molar-refractivity contribution in [2.45, 2.75) is 26.2 Å². The Kier molecular flexibility index (Phi) is 5.49. The molecule has 0 atom stereocenters. The monoisotopic (exact) mass is 536 g/mol. The second kappa shape index (κ2) is 9.29. The molecule has 0 aromatic heterocycles. The first-order chi connectivity index (χ1) is 20.5. The standard InChI is InChI=1S/C42H32/c1-42(2,3)31-22-24-38-39(26-31)41(35-18-10-13-27-11-4-7-15-33(27)35)37-17-9-8-16-36(37)40(38)30-21-23-34-29(25-30)20-19-28-12-5-6-14-32(28)34/h4-26H,1-3H3. The van der Waals surface area contributed by atoms with Crippen molar-refractivity contribution in [2.24, 2.45) is 0 Å². The van der Waals surface area contributed by atoms with E-state index < -0.39 is 0 Å². The van der Waals surface area contributed by atoms with Gasteiger partial charge < -0.3 is 0 Å². The molecule has 0 bridgehead atoms. The highest BCUT2D eigenvalue weighted by Gasteiger charge is 2.21. The molecule has 0 nitrogen and oxygen atoms in total. The molecule has 0 radical (unpaired) electrons. The maximum atomic E-state index is 2.46. The molecule has 0 aliphatic rings. The van der Waals surface area contributed by atoms with Crippen LogP contribution < -0.4 is 0 Å². The van der Waals surface area contributed by atoms with Gasteiger partial charge in [-0.05, 0) is 99.2 Å². The topological polar surface area (TPSA) is 0 Å². The Morgan fingerprint density at radius 3 is 1.67 bits per heavy atom. The molecule has 200 valence electrons. The van der Waals surface area contributed by atoms with Crippen LogP contribution in [-0.4, -0.2) is 0 Å². The lowest BCUT2D eigenvalue weighted by atomic mass is 9.80. The fraction of sp³-hybridized carbons (Fsp3) is 0.0952. The van der Waals surface area contributed by atoms with Gasteiger partial charge in [0.05, 0.1) is 0 Å². The van der Waals surface area contributed by atoms with Crippen molar-refractivity contribution in [2.75, 3.05) is 0 Å². The molecule has 0 N–H and O–H groups in total. The van der Waals surface area contributed by atoms with Gasteiger partial charge in [0.1, 0.15) is 0 Å². The fourth-order valence-electron chi connectivity index (χ4n) is 6.86. The number of hydrogen-bond acceptors (Lipinski definition) is 0. The molecule has 0 spiro atoms. The molecule has 0 amide bonds. The van der Waals surface area contributed by atoms with Crippen molar-refractivity contribution in [1.29, 1.82) is 0 Å². The lowest BCUT2D eigenvalue weighted by Gasteiger charge is -2.23. The number of rotatable bonds is 2. The number of hydrogen-bond donors (Lipinski definition) is 0. The van der Waals surface area contributed by atoms with E-state index in [2.05, 4.69) is 160 Å². The van der Waals surface area contributed by atoms with Gasteiger partial charge in [-0.25, -0.2) is 0 Å². The third kappa shape index (κ3) is 3.83. The lowest BCUT2D eigenvalue weighted by Crippen LogP contribution is -2.10. The van der Waals surface area contributed by atoms with Crippen LogP contribution in [0.15, 0.2) is 140 Å². The fourth-order valence-corrected chi connectivity index (χ4v) is 6.86. The summed E-state index contributed by atoms with van der Waals surface area (Å²) in [7, 11) is 0. The van der Waals surface area contributed by atoms with E-state index >= 15 is 0 Å². The molecule has 0 heterocycles. The maximum absolute atomic E-state index is 2.46. The molecule has 42 heavy (non-hydrogen) atoms. The van der Waals surface area contributed by atoms with E-state index in [-0.39, 0.29) is 5.41 Å². The third-order valence-electron chi connectivity index (χ3n) is 8.98. The summed E-state index contributed by atoms with van der Waals surface area (Å²) in [5, 5.41) is 12.9. The number of benzene rings is 8. The minimum atomic E-state index is 0.0417. The molecule has 0 aliphatic carbocycles. The molecular formula is C42H32. The van der Waals surface area contributed by atoms with Crippen molar-refractivity contribution >= 4 is 53.9 Å². The average molecular weight is 537 g/mol. The van der Waals surface area contributed by atoms with Gasteiger partial charge in [0, 0.05) is 0 Å². The van der Waals surface area contributed by atoms with E-state index in [1.807, 2.05) is 0 Å². The van der Waals surface area contributed by atoms with Gasteiger partial charge in [0.25, 0.3) is 0 Å². The smallest absolute Gasteiger partial charge is 0.00200 e. The molecule has 8 aromatic rings. The SMILES string of the molecule is CC(C)(C)c1ccc2c(-c3ccc4c(ccc5ccccc54)c3)c3ccccc3c(-c3cccc4ccccc34)c2c1. The lowest BCUT2D eigenvalue weighted by molar-refractivity contribution is 0.591. The molecule has 0 aliphatic heterocycles. The largest absolute Gasteiger partial charge is 0.0616 e. The zero-order chi connectivity index (χ0) is 28.4. The third-order valence-corrected chi connectivity index (χ3v) is 8.98. The second-order valence-corrected chi connectivity index (χ2v) is 12.6. The van der Waals surface area contributed by atoms with Crippen LogP contribution >= 0.6 is 0 Å². The summed E-state index contributed by atoms with van der Waals surface area (Å²) in [6, 6.07) is 51.9. The van der Waals surface area contributed by atoms with Gasteiger partial charge >= 0.3 is 0 Å². The average Bonchev–Trinajstić information content (AvgIpc) is 3.02. The van der Waals surface area contributed by atoms with Crippen LogP contribution in [0.1, 0.15) is 26.3 Å². The quantitative estimate of drug-likeness (QED) is 0.152. The molecule has 0 heteroatoms. The first-order valence-electron chi connectivity index (χ1n) is 14.9. The van der Waals surface area contributed by atoms with Crippen molar-refractivity contribution in [3.63, 3.8) is 0 Å². The summed E-state index contributed by atoms with van der Waals surface area (Å²) in [6.07, 6.45) is 0. The van der Waals surface area contributed by atoms with Gasteiger partial charge in [0.15, 0.2) is 0 Å². The van der Waals surface area contributed by atoms with Gasteiger partial charge in [-0.2, -0.15) is 0 Å². The van der Waals surface area contributed by atoms with Crippen LogP contribution in [0.5, 0.6) is 0 Å². The van der Waals surface area contributed by atoms with Crippen molar-refractivity contribution in [1.82, 2.24) is 0 Å². The van der Waals surface area contributed by atoms with E-state index in [1.165, 1.54) is 81.7 Å². The molecule has 8 rings (SSSR count). The molecule has 8 aromatic carbocycles. The first-order valence-corrected chi connectivity index (χ1v) is 14.9. The maximum Gasteiger partial charge on any atom is -0.00200 e. The van der Waals surface area contributed by atoms with E-state index in [0.717, 1.165) is 0 Å². The van der Waals surface area contributed by atoms with Gasteiger partial charge in [-0.3, -0.25) is 0 Å². The Hall–Kier alpha value is -4.94. The summed E-state index contributed by atoms with van der Waals surface area (Å²) >= 11 is 0.